The van der Waals surface area contributed by atoms with Gasteiger partial charge < -0.3 is 20.5 Å². The lowest BCUT2D eigenvalue weighted by Crippen LogP contribution is -2.57. The molecule has 0 heterocycles. The predicted octanol–water partition coefficient (Wildman–Crippen LogP) is 1.29. The van der Waals surface area contributed by atoms with Gasteiger partial charge >= 0.3 is 5.97 Å². The number of carbonyl (C=O) groups is 2. The lowest BCUT2D eigenvalue weighted by molar-refractivity contribution is -0.139. The third-order valence-corrected chi connectivity index (χ3v) is 3.82. The van der Waals surface area contributed by atoms with E-state index in [2.05, 4.69) is 5.32 Å². The van der Waals surface area contributed by atoms with Crippen LogP contribution in [0.1, 0.15) is 47.0 Å². The molecule has 0 fully saturated rings. The summed E-state index contributed by atoms with van der Waals surface area (Å²) >= 11 is 0. The van der Waals surface area contributed by atoms with Crippen molar-refractivity contribution in [3.63, 3.8) is 0 Å². The van der Waals surface area contributed by atoms with Crippen LogP contribution in [0.3, 0.4) is 0 Å². The first-order valence-corrected chi connectivity index (χ1v) is 7.98. The van der Waals surface area contributed by atoms with E-state index < -0.39 is 6.04 Å². The second-order valence-electron chi connectivity index (χ2n) is 5.53. The van der Waals surface area contributed by atoms with Crippen molar-refractivity contribution in [1.29, 1.82) is 0 Å². The first kappa shape index (κ1) is 18.6. The SMILES string of the molecule is CCOC(=O)C1=C[C@H](N)[C@@H](NC(C)=O)[C@H](OC(CC)CC)C1. The molecule has 0 bridgehead atoms. The molecule has 0 aromatic carbocycles. The number of esters is 1. The minimum Gasteiger partial charge on any atom is -0.463 e. The first-order valence-electron chi connectivity index (χ1n) is 7.98. The van der Waals surface area contributed by atoms with Gasteiger partial charge in [-0.2, -0.15) is 0 Å². The van der Waals surface area contributed by atoms with Crippen molar-refractivity contribution in [2.24, 2.45) is 5.73 Å². The molecule has 6 nitrogen and oxygen atoms in total. The topological polar surface area (TPSA) is 90.6 Å². The summed E-state index contributed by atoms with van der Waals surface area (Å²) in [5.41, 5.74) is 6.64. The van der Waals surface area contributed by atoms with Crippen LogP contribution in [-0.2, 0) is 19.1 Å². The lowest BCUT2D eigenvalue weighted by Gasteiger charge is -2.37. The number of nitrogens with one attached hydrogen (secondary N) is 1. The summed E-state index contributed by atoms with van der Waals surface area (Å²) in [5, 5.41) is 2.84. The van der Waals surface area contributed by atoms with Gasteiger partial charge in [0.1, 0.15) is 0 Å². The summed E-state index contributed by atoms with van der Waals surface area (Å²) in [6, 6.07) is -0.812. The van der Waals surface area contributed by atoms with Gasteiger partial charge in [0, 0.05) is 25.0 Å². The molecule has 6 heteroatoms. The van der Waals surface area contributed by atoms with Crippen LogP contribution in [0, 0.1) is 0 Å². The molecule has 0 spiro atoms. The Morgan fingerprint density at radius 1 is 1.36 bits per heavy atom. The normalized spacial score (nSPS) is 24.8. The van der Waals surface area contributed by atoms with Crippen LogP contribution in [0.25, 0.3) is 0 Å². The number of nitrogens with two attached hydrogens (primary N) is 1. The number of hydrogen-bond donors (Lipinski definition) is 2. The maximum absolute atomic E-state index is 12.0. The minimum atomic E-state index is -0.476. The monoisotopic (exact) mass is 312 g/mol. The maximum Gasteiger partial charge on any atom is 0.333 e. The second-order valence-corrected chi connectivity index (χ2v) is 5.53. The standard InChI is InChI=1S/C16H28N2O4/c1-5-12(6-2)22-14-9-11(16(20)21-7-3)8-13(17)15(14)18-10(4)19/h8,12-15H,5-7,9,17H2,1-4H3,(H,18,19)/t13-,14+,15+/m0/s1. The molecule has 1 aliphatic rings. The van der Waals surface area contributed by atoms with Crippen molar-refractivity contribution in [3.8, 4) is 0 Å². The maximum atomic E-state index is 12.0. The number of ether oxygens (including phenoxy) is 2. The van der Waals surface area contributed by atoms with Gasteiger partial charge in [0.05, 0.1) is 24.9 Å². The molecule has 3 N–H and O–H groups in total. The van der Waals surface area contributed by atoms with Gasteiger partial charge in [0.15, 0.2) is 0 Å². The molecule has 1 amide bonds. The van der Waals surface area contributed by atoms with Crippen molar-refractivity contribution < 1.29 is 19.1 Å². The highest BCUT2D eigenvalue weighted by molar-refractivity contribution is 5.89. The third-order valence-electron chi connectivity index (χ3n) is 3.82. The van der Waals surface area contributed by atoms with Gasteiger partial charge in [-0.25, -0.2) is 4.79 Å². The second kappa shape index (κ2) is 8.90. The summed E-state index contributed by atoms with van der Waals surface area (Å²) in [5.74, 6) is -0.524. The Balaban J connectivity index is 2.93. The van der Waals surface area contributed by atoms with E-state index >= 15 is 0 Å². The quantitative estimate of drug-likeness (QED) is 0.691. The number of rotatable bonds is 7. The van der Waals surface area contributed by atoms with E-state index in [9.17, 15) is 9.59 Å². The van der Waals surface area contributed by atoms with Crippen LogP contribution < -0.4 is 11.1 Å². The molecule has 0 saturated carbocycles. The molecule has 0 saturated heterocycles. The van der Waals surface area contributed by atoms with Gasteiger partial charge in [-0.15, -0.1) is 0 Å². The molecule has 0 aromatic rings. The van der Waals surface area contributed by atoms with Crippen LogP contribution in [0.2, 0.25) is 0 Å². The van der Waals surface area contributed by atoms with Crippen molar-refractivity contribution in [1.82, 2.24) is 5.32 Å². The molecule has 3 atom stereocenters. The highest BCUT2D eigenvalue weighted by atomic mass is 16.5. The molecule has 126 valence electrons. The summed E-state index contributed by atoms with van der Waals surface area (Å²) in [6.45, 7) is 7.63. The molecule has 22 heavy (non-hydrogen) atoms. The van der Waals surface area contributed by atoms with Crippen molar-refractivity contribution in [2.75, 3.05) is 6.61 Å². The van der Waals surface area contributed by atoms with Gasteiger partial charge in [-0.1, -0.05) is 19.9 Å². The molecule has 0 aromatic heterocycles. The average Bonchev–Trinajstić information content (AvgIpc) is 2.47. The van der Waals surface area contributed by atoms with E-state index in [-0.39, 0.29) is 30.1 Å². The fourth-order valence-corrected chi connectivity index (χ4v) is 2.66. The van der Waals surface area contributed by atoms with Gasteiger partial charge in [0.25, 0.3) is 0 Å². The highest BCUT2D eigenvalue weighted by Gasteiger charge is 2.36. The Hall–Kier alpha value is -1.40. The first-order chi connectivity index (χ1) is 10.4. The number of carbonyl (C=O) groups excluding carboxylic acids is 2. The molecular formula is C16H28N2O4. The van der Waals surface area contributed by atoms with Crippen LogP contribution in [0.5, 0.6) is 0 Å². The van der Waals surface area contributed by atoms with Gasteiger partial charge in [-0.05, 0) is 19.8 Å². The largest absolute Gasteiger partial charge is 0.463 e. The van der Waals surface area contributed by atoms with E-state index in [4.69, 9.17) is 15.2 Å². The Morgan fingerprint density at radius 3 is 2.50 bits per heavy atom. The zero-order valence-electron chi connectivity index (χ0n) is 13.9. The average molecular weight is 312 g/mol. The van der Waals surface area contributed by atoms with Crippen LogP contribution in [0.15, 0.2) is 11.6 Å². The Labute approximate surface area is 132 Å². The summed E-state index contributed by atoms with van der Waals surface area (Å²) in [4.78, 5) is 23.4. The van der Waals surface area contributed by atoms with Gasteiger partial charge in [0.2, 0.25) is 5.91 Å². The third kappa shape index (κ3) is 5.10. The van der Waals surface area contributed by atoms with Gasteiger partial charge in [-0.3, -0.25) is 4.79 Å². The number of hydrogen-bond acceptors (Lipinski definition) is 5. The van der Waals surface area contributed by atoms with Crippen molar-refractivity contribution in [2.45, 2.75) is 71.2 Å². The molecule has 1 rings (SSSR count). The predicted molar refractivity (Wildman–Crippen MR) is 84.2 cm³/mol. The fraction of sp³-hybridized carbons (Fsp3) is 0.750. The Morgan fingerprint density at radius 2 is 2.00 bits per heavy atom. The minimum absolute atomic E-state index is 0.0787. The molecule has 0 radical (unpaired) electrons. The van der Waals surface area contributed by atoms with E-state index in [0.717, 1.165) is 12.8 Å². The number of amides is 1. The summed E-state index contributed by atoms with van der Waals surface area (Å²) in [7, 11) is 0. The van der Waals surface area contributed by atoms with E-state index in [0.29, 0.717) is 18.6 Å². The lowest BCUT2D eigenvalue weighted by atomic mass is 9.88. The summed E-state index contributed by atoms with van der Waals surface area (Å²) in [6.07, 6.45) is 3.56. The molecule has 0 unspecified atom stereocenters. The van der Waals surface area contributed by atoms with Crippen molar-refractivity contribution >= 4 is 11.9 Å². The highest BCUT2D eigenvalue weighted by Crippen LogP contribution is 2.24. The molecule has 0 aliphatic heterocycles. The van der Waals surface area contributed by atoms with E-state index in [1.165, 1.54) is 6.92 Å². The van der Waals surface area contributed by atoms with Crippen molar-refractivity contribution in [3.05, 3.63) is 11.6 Å². The van der Waals surface area contributed by atoms with E-state index in [1.54, 1.807) is 13.0 Å². The smallest absolute Gasteiger partial charge is 0.333 e. The molecular weight excluding hydrogens is 284 g/mol. The summed E-state index contributed by atoms with van der Waals surface area (Å²) < 4.78 is 11.1. The zero-order valence-corrected chi connectivity index (χ0v) is 13.9. The van der Waals surface area contributed by atoms with Crippen LogP contribution in [0.4, 0.5) is 0 Å². The Kier molecular flexibility index (Phi) is 7.55. The fourth-order valence-electron chi connectivity index (χ4n) is 2.66. The Bertz CT molecular complexity index is 418. The van der Waals surface area contributed by atoms with E-state index in [1.807, 2.05) is 13.8 Å². The molecule has 1 aliphatic carbocycles. The van der Waals surface area contributed by atoms with Crippen LogP contribution in [-0.4, -0.2) is 42.8 Å². The zero-order chi connectivity index (χ0) is 16.7. The van der Waals surface area contributed by atoms with Crippen LogP contribution >= 0.6 is 0 Å².